The highest BCUT2D eigenvalue weighted by Crippen LogP contribution is 2.23. The molecular formula is C16H15N3O. The van der Waals surface area contributed by atoms with Crippen LogP contribution in [-0.2, 0) is 0 Å². The molecule has 0 aliphatic carbocycles. The van der Waals surface area contributed by atoms with Gasteiger partial charge in [-0.25, -0.2) is 0 Å². The fraction of sp³-hybridized carbons (Fsp3) is 0.0625. The molecule has 4 heteroatoms. The number of H-pyrrole nitrogens is 1. The number of carbonyl (C=O) groups is 1. The van der Waals surface area contributed by atoms with E-state index in [1.54, 1.807) is 18.2 Å². The Bertz CT molecular complexity index is 789. The lowest BCUT2D eigenvalue weighted by Gasteiger charge is -2.08. The summed E-state index contributed by atoms with van der Waals surface area (Å²) in [6, 6.07) is 13.0. The summed E-state index contributed by atoms with van der Waals surface area (Å²) in [5.41, 5.74) is 9.75. The van der Waals surface area contributed by atoms with Gasteiger partial charge in [0.1, 0.15) is 0 Å². The summed E-state index contributed by atoms with van der Waals surface area (Å²) in [5, 5.41) is 3.93. The topological polar surface area (TPSA) is 70.9 Å². The van der Waals surface area contributed by atoms with Gasteiger partial charge in [0.15, 0.2) is 0 Å². The van der Waals surface area contributed by atoms with Crippen molar-refractivity contribution in [2.75, 3.05) is 11.1 Å². The van der Waals surface area contributed by atoms with Crippen molar-refractivity contribution in [2.45, 2.75) is 6.92 Å². The number of anilines is 2. The first-order chi connectivity index (χ1) is 9.65. The Kier molecular flexibility index (Phi) is 2.91. The normalized spacial score (nSPS) is 10.7. The number of aromatic nitrogens is 1. The number of nitrogens with two attached hydrogens (primary N) is 1. The Morgan fingerprint density at radius 3 is 2.85 bits per heavy atom. The minimum atomic E-state index is -0.137. The van der Waals surface area contributed by atoms with Gasteiger partial charge in [-0.15, -0.1) is 0 Å². The lowest BCUT2D eigenvalue weighted by atomic mass is 10.1. The second-order valence-corrected chi connectivity index (χ2v) is 4.77. The summed E-state index contributed by atoms with van der Waals surface area (Å²) in [5.74, 6) is -0.137. The van der Waals surface area contributed by atoms with Crippen molar-refractivity contribution in [1.82, 2.24) is 4.98 Å². The molecule has 0 atom stereocenters. The highest BCUT2D eigenvalue weighted by atomic mass is 16.1. The molecule has 3 aromatic rings. The van der Waals surface area contributed by atoms with Crippen LogP contribution in [0.4, 0.5) is 11.4 Å². The Balaban J connectivity index is 1.92. The fourth-order valence-corrected chi connectivity index (χ4v) is 2.21. The van der Waals surface area contributed by atoms with E-state index in [1.807, 2.05) is 37.4 Å². The molecule has 0 aliphatic heterocycles. The molecule has 100 valence electrons. The summed E-state index contributed by atoms with van der Waals surface area (Å²) < 4.78 is 0. The first-order valence-electron chi connectivity index (χ1n) is 6.39. The molecule has 2 aromatic carbocycles. The molecule has 1 amide bonds. The standard InChI is InChI=1S/C16H15N3O/c1-10-9-11(5-6-13(10)17)16(20)19-15-4-2-3-14-12(15)7-8-18-14/h2-9,18H,17H2,1H3,(H,19,20). The van der Waals surface area contributed by atoms with E-state index in [2.05, 4.69) is 10.3 Å². The first kappa shape index (κ1) is 12.3. The van der Waals surface area contributed by atoms with Crippen LogP contribution in [0, 0.1) is 6.92 Å². The number of hydrogen-bond acceptors (Lipinski definition) is 2. The maximum atomic E-state index is 12.3. The number of nitrogens with one attached hydrogen (secondary N) is 2. The molecular weight excluding hydrogens is 250 g/mol. The number of fused-ring (bicyclic) bond motifs is 1. The van der Waals surface area contributed by atoms with Crippen molar-refractivity contribution in [1.29, 1.82) is 0 Å². The number of benzene rings is 2. The molecule has 4 nitrogen and oxygen atoms in total. The molecule has 0 unspecified atom stereocenters. The molecule has 4 N–H and O–H groups in total. The van der Waals surface area contributed by atoms with Gasteiger partial charge < -0.3 is 16.0 Å². The smallest absolute Gasteiger partial charge is 0.255 e. The maximum Gasteiger partial charge on any atom is 0.255 e. The highest BCUT2D eigenvalue weighted by Gasteiger charge is 2.09. The van der Waals surface area contributed by atoms with E-state index < -0.39 is 0 Å². The average Bonchev–Trinajstić information content (AvgIpc) is 2.91. The van der Waals surface area contributed by atoms with Crippen LogP contribution in [0.3, 0.4) is 0 Å². The van der Waals surface area contributed by atoms with Gasteiger partial charge >= 0.3 is 0 Å². The van der Waals surface area contributed by atoms with Crippen LogP contribution in [0.25, 0.3) is 10.9 Å². The maximum absolute atomic E-state index is 12.3. The van der Waals surface area contributed by atoms with Crippen molar-refractivity contribution < 1.29 is 4.79 Å². The third-order valence-electron chi connectivity index (χ3n) is 3.38. The molecule has 20 heavy (non-hydrogen) atoms. The lowest BCUT2D eigenvalue weighted by Crippen LogP contribution is -2.12. The third kappa shape index (κ3) is 2.12. The quantitative estimate of drug-likeness (QED) is 0.622. The van der Waals surface area contributed by atoms with Crippen LogP contribution in [0.5, 0.6) is 0 Å². The summed E-state index contributed by atoms with van der Waals surface area (Å²) in [6.45, 7) is 1.89. The number of hydrogen-bond donors (Lipinski definition) is 3. The predicted octanol–water partition coefficient (Wildman–Crippen LogP) is 3.31. The highest BCUT2D eigenvalue weighted by molar-refractivity contribution is 6.09. The SMILES string of the molecule is Cc1cc(C(=O)Nc2cccc3[nH]ccc23)ccc1N. The van der Waals surface area contributed by atoms with Crippen LogP contribution < -0.4 is 11.1 Å². The number of aromatic amines is 1. The molecule has 1 aromatic heterocycles. The molecule has 0 aliphatic rings. The van der Waals surface area contributed by atoms with E-state index >= 15 is 0 Å². The van der Waals surface area contributed by atoms with Gasteiger partial charge in [0.25, 0.3) is 5.91 Å². The van der Waals surface area contributed by atoms with Gasteiger partial charge in [-0.05, 0) is 48.9 Å². The van der Waals surface area contributed by atoms with E-state index in [0.717, 1.165) is 22.2 Å². The minimum absolute atomic E-state index is 0.137. The Morgan fingerprint density at radius 1 is 1.20 bits per heavy atom. The van der Waals surface area contributed by atoms with Crippen LogP contribution in [0.1, 0.15) is 15.9 Å². The van der Waals surface area contributed by atoms with Crippen LogP contribution in [0.2, 0.25) is 0 Å². The molecule has 0 radical (unpaired) electrons. The van der Waals surface area contributed by atoms with Crippen molar-refractivity contribution in [3.05, 3.63) is 59.8 Å². The largest absolute Gasteiger partial charge is 0.399 e. The van der Waals surface area contributed by atoms with Gasteiger partial charge in [-0.3, -0.25) is 4.79 Å². The van der Waals surface area contributed by atoms with Gasteiger partial charge in [0.2, 0.25) is 0 Å². The first-order valence-corrected chi connectivity index (χ1v) is 6.39. The van der Waals surface area contributed by atoms with Gasteiger partial charge in [0, 0.05) is 28.4 Å². The predicted molar refractivity (Wildman–Crippen MR) is 81.8 cm³/mol. The van der Waals surface area contributed by atoms with Crippen molar-refractivity contribution >= 4 is 28.2 Å². The zero-order chi connectivity index (χ0) is 14.1. The van der Waals surface area contributed by atoms with Gasteiger partial charge in [0.05, 0.1) is 5.69 Å². The number of carbonyl (C=O) groups excluding carboxylic acids is 1. The van der Waals surface area contributed by atoms with E-state index in [4.69, 9.17) is 5.73 Å². The molecule has 0 saturated heterocycles. The van der Waals surface area contributed by atoms with Crippen LogP contribution in [0.15, 0.2) is 48.7 Å². The van der Waals surface area contributed by atoms with E-state index in [1.165, 1.54) is 0 Å². The van der Waals surface area contributed by atoms with E-state index in [9.17, 15) is 4.79 Å². The molecule has 3 rings (SSSR count). The summed E-state index contributed by atoms with van der Waals surface area (Å²) >= 11 is 0. The molecule has 0 fully saturated rings. The molecule has 1 heterocycles. The average molecular weight is 265 g/mol. The number of nitrogen functional groups attached to an aromatic ring is 1. The van der Waals surface area contributed by atoms with Crippen LogP contribution >= 0.6 is 0 Å². The monoisotopic (exact) mass is 265 g/mol. The summed E-state index contributed by atoms with van der Waals surface area (Å²) in [6.07, 6.45) is 1.85. The lowest BCUT2D eigenvalue weighted by molar-refractivity contribution is 0.102. The van der Waals surface area contributed by atoms with E-state index in [-0.39, 0.29) is 5.91 Å². The van der Waals surface area contributed by atoms with Crippen molar-refractivity contribution in [2.24, 2.45) is 0 Å². The van der Waals surface area contributed by atoms with E-state index in [0.29, 0.717) is 11.3 Å². The zero-order valence-corrected chi connectivity index (χ0v) is 11.1. The number of rotatable bonds is 2. The van der Waals surface area contributed by atoms with Crippen molar-refractivity contribution in [3.8, 4) is 0 Å². The third-order valence-corrected chi connectivity index (χ3v) is 3.38. The molecule has 0 spiro atoms. The molecule has 0 bridgehead atoms. The number of aryl methyl sites for hydroxylation is 1. The second-order valence-electron chi connectivity index (χ2n) is 4.77. The number of amides is 1. The van der Waals surface area contributed by atoms with Gasteiger partial charge in [-0.1, -0.05) is 6.07 Å². The Labute approximate surface area is 116 Å². The Morgan fingerprint density at radius 2 is 2.05 bits per heavy atom. The second kappa shape index (κ2) is 4.74. The minimum Gasteiger partial charge on any atom is -0.399 e. The van der Waals surface area contributed by atoms with Crippen molar-refractivity contribution in [3.63, 3.8) is 0 Å². The molecule has 0 saturated carbocycles. The summed E-state index contributed by atoms with van der Waals surface area (Å²) in [4.78, 5) is 15.4. The zero-order valence-electron chi connectivity index (χ0n) is 11.1. The summed E-state index contributed by atoms with van der Waals surface area (Å²) in [7, 11) is 0. The van der Waals surface area contributed by atoms with Gasteiger partial charge in [-0.2, -0.15) is 0 Å². The fourth-order valence-electron chi connectivity index (χ4n) is 2.21. The Hall–Kier alpha value is -2.75. The van der Waals surface area contributed by atoms with Crippen LogP contribution in [-0.4, -0.2) is 10.9 Å².